The summed E-state index contributed by atoms with van der Waals surface area (Å²) < 4.78 is 13.3. The third-order valence-electron chi connectivity index (χ3n) is 3.21. The fraction of sp³-hybridized carbons (Fsp3) is 0.533. The van der Waals surface area contributed by atoms with Crippen LogP contribution in [-0.2, 0) is 11.8 Å². The van der Waals surface area contributed by atoms with Crippen LogP contribution < -0.4 is 5.32 Å². The average molecular weight is 277 g/mol. The highest BCUT2D eigenvalue weighted by Crippen LogP contribution is 2.22. The Bertz CT molecular complexity index is 517. The lowest BCUT2D eigenvalue weighted by molar-refractivity contribution is -0.0104. The van der Waals surface area contributed by atoms with Gasteiger partial charge in [-0.2, -0.15) is 0 Å². The minimum Gasteiger partial charge on any atom is -0.467 e. The maximum atomic E-state index is 5.72. The number of hydrogen-bond donors (Lipinski definition) is 1. The Labute approximate surface area is 120 Å². The number of rotatable bonds is 7. The quantitative estimate of drug-likeness (QED) is 0.845. The number of nitrogens with zero attached hydrogens (tertiary/aromatic N) is 2. The highest BCUT2D eigenvalue weighted by molar-refractivity contribution is 5.15. The van der Waals surface area contributed by atoms with Crippen LogP contribution >= 0.6 is 0 Å². The van der Waals surface area contributed by atoms with Crippen molar-refractivity contribution < 1.29 is 9.15 Å². The fourth-order valence-electron chi connectivity index (χ4n) is 2.22. The summed E-state index contributed by atoms with van der Waals surface area (Å²) >= 11 is 0. The van der Waals surface area contributed by atoms with Crippen LogP contribution in [0.25, 0.3) is 0 Å². The third kappa shape index (κ3) is 3.49. The molecule has 5 heteroatoms. The Hall–Kier alpha value is -1.59. The first-order valence-corrected chi connectivity index (χ1v) is 6.91. The highest BCUT2D eigenvalue weighted by Gasteiger charge is 2.25. The minimum atomic E-state index is -0.231. The Kier molecular flexibility index (Phi) is 4.62. The van der Waals surface area contributed by atoms with E-state index in [1.165, 1.54) is 0 Å². The first-order valence-electron chi connectivity index (χ1n) is 6.91. The van der Waals surface area contributed by atoms with E-state index in [2.05, 4.69) is 24.1 Å². The van der Waals surface area contributed by atoms with Crippen molar-refractivity contribution in [2.75, 3.05) is 13.2 Å². The van der Waals surface area contributed by atoms with Gasteiger partial charge in [0.15, 0.2) is 0 Å². The monoisotopic (exact) mass is 277 g/mol. The maximum absolute atomic E-state index is 5.72. The predicted molar refractivity (Wildman–Crippen MR) is 77.5 cm³/mol. The summed E-state index contributed by atoms with van der Waals surface area (Å²) in [5.74, 6) is 1.78. The zero-order valence-electron chi connectivity index (χ0n) is 12.6. The molecule has 0 fully saturated rings. The van der Waals surface area contributed by atoms with Gasteiger partial charge in [0.1, 0.15) is 17.6 Å². The summed E-state index contributed by atoms with van der Waals surface area (Å²) in [5.41, 5.74) is -0.231. The molecule has 1 atom stereocenters. The van der Waals surface area contributed by atoms with Gasteiger partial charge in [0, 0.05) is 32.6 Å². The molecule has 2 aromatic heterocycles. The van der Waals surface area contributed by atoms with E-state index in [0.29, 0.717) is 13.2 Å². The lowest BCUT2D eigenvalue weighted by atomic mass is 10.1. The molecule has 0 saturated carbocycles. The molecule has 0 aliphatic carbocycles. The standard InChI is InChI=1S/C15H23N3O2/c1-5-20-15(2,3)11-17-13(12-7-6-10-19-12)14-16-8-9-18(14)4/h6-10,13,17H,5,11H2,1-4H3. The summed E-state index contributed by atoms with van der Waals surface area (Å²) in [6, 6.07) is 3.77. The zero-order valence-corrected chi connectivity index (χ0v) is 12.6. The van der Waals surface area contributed by atoms with Gasteiger partial charge in [-0.15, -0.1) is 0 Å². The number of aryl methyl sites for hydroxylation is 1. The molecule has 20 heavy (non-hydrogen) atoms. The van der Waals surface area contributed by atoms with Gasteiger partial charge in [-0.3, -0.25) is 5.32 Å². The summed E-state index contributed by atoms with van der Waals surface area (Å²) in [6.07, 6.45) is 5.40. The van der Waals surface area contributed by atoms with Gasteiger partial charge in [0.05, 0.1) is 11.9 Å². The fourth-order valence-corrected chi connectivity index (χ4v) is 2.22. The van der Waals surface area contributed by atoms with Crippen molar-refractivity contribution in [2.24, 2.45) is 7.05 Å². The largest absolute Gasteiger partial charge is 0.467 e. The van der Waals surface area contributed by atoms with Crippen molar-refractivity contribution in [3.8, 4) is 0 Å². The van der Waals surface area contributed by atoms with E-state index in [4.69, 9.17) is 9.15 Å². The van der Waals surface area contributed by atoms with E-state index in [1.807, 2.05) is 36.9 Å². The van der Waals surface area contributed by atoms with Crippen LogP contribution in [0.3, 0.4) is 0 Å². The summed E-state index contributed by atoms with van der Waals surface area (Å²) in [6.45, 7) is 7.55. The van der Waals surface area contributed by atoms with Crippen molar-refractivity contribution in [1.82, 2.24) is 14.9 Å². The van der Waals surface area contributed by atoms with Gasteiger partial charge in [-0.25, -0.2) is 4.98 Å². The second kappa shape index (κ2) is 6.24. The van der Waals surface area contributed by atoms with E-state index >= 15 is 0 Å². The Morgan fingerprint density at radius 3 is 2.85 bits per heavy atom. The second-order valence-corrected chi connectivity index (χ2v) is 5.42. The zero-order chi connectivity index (χ0) is 14.6. The molecule has 0 aromatic carbocycles. The number of ether oxygens (including phenoxy) is 1. The molecule has 0 amide bonds. The lowest BCUT2D eigenvalue weighted by Gasteiger charge is -2.27. The van der Waals surface area contributed by atoms with Crippen molar-refractivity contribution in [2.45, 2.75) is 32.4 Å². The first kappa shape index (κ1) is 14.8. The van der Waals surface area contributed by atoms with Crippen LogP contribution in [0.1, 0.15) is 38.4 Å². The number of aromatic nitrogens is 2. The van der Waals surface area contributed by atoms with Crippen LogP contribution in [0, 0.1) is 0 Å². The molecule has 0 spiro atoms. The summed E-state index contributed by atoms with van der Waals surface area (Å²) in [7, 11) is 1.98. The van der Waals surface area contributed by atoms with Gasteiger partial charge >= 0.3 is 0 Å². The number of furan rings is 1. The van der Waals surface area contributed by atoms with Crippen molar-refractivity contribution in [3.63, 3.8) is 0 Å². The van der Waals surface area contributed by atoms with E-state index in [-0.39, 0.29) is 11.6 Å². The van der Waals surface area contributed by atoms with E-state index in [1.54, 1.807) is 12.5 Å². The number of imidazole rings is 1. The Balaban J connectivity index is 2.15. The molecule has 110 valence electrons. The third-order valence-corrected chi connectivity index (χ3v) is 3.21. The second-order valence-electron chi connectivity index (χ2n) is 5.42. The van der Waals surface area contributed by atoms with Crippen LogP contribution in [0.5, 0.6) is 0 Å². The normalized spacial score (nSPS) is 13.6. The first-order chi connectivity index (χ1) is 9.53. The lowest BCUT2D eigenvalue weighted by Crippen LogP contribution is -2.40. The van der Waals surface area contributed by atoms with Gasteiger partial charge < -0.3 is 13.7 Å². The van der Waals surface area contributed by atoms with Crippen molar-refractivity contribution in [3.05, 3.63) is 42.4 Å². The number of nitrogens with one attached hydrogen (secondary N) is 1. The molecule has 1 unspecified atom stereocenters. The molecule has 0 aliphatic rings. The van der Waals surface area contributed by atoms with Gasteiger partial charge in [0.25, 0.3) is 0 Å². The molecule has 1 N–H and O–H groups in total. The highest BCUT2D eigenvalue weighted by atomic mass is 16.5. The molecular weight excluding hydrogens is 254 g/mol. The minimum absolute atomic E-state index is 0.0790. The molecule has 0 bridgehead atoms. The molecule has 0 radical (unpaired) electrons. The molecule has 0 aliphatic heterocycles. The van der Waals surface area contributed by atoms with Gasteiger partial charge in [-0.1, -0.05) is 0 Å². The Morgan fingerprint density at radius 2 is 2.30 bits per heavy atom. The van der Waals surface area contributed by atoms with E-state index in [0.717, 1.165) is 11.6 Å². The average Bonchev–Trinajstić information content (AvgIpc) is 3.02. The number of hydrogen-bond acceptors (Lipinski definition) is 4. The van der Waals surface area contributed by atoms with Gasteiger partial charge in [0.2, 0.25) is 0 Å². The molecule has 2 rings (SSSR count). The summed E-state index contributed by atoms with van der Waals surface area (Å²) in [4.78, 5) is 4.42. The van der Waals surface area contributed by atoms with Crippen molar-refractivity contribution >= 4 is 0 Å². The molecular formula is C15H23N3O2. The van der Waals surface area contributed by atoms with Crippen LogP contribution in [0.2, 0.25) is 0 Å². The maximum Gasteiger partial charge on any atom is 0.133 e. The van der Waals surface area contributed by atoms with Crippen LogP contribution in [0.4, 0.5) is 0 Å². The van der Waals surface area contributed by atoms with Crippen LogP contribution in [0.15, 0.2) is 35.2 Å². The molecule has 2 aromatic rings. The molecule has 5 nitrogen and oxygen atoms in total. The van der Waals surface area contributed by atoms with Gasteiger partial charge in [-0.05, 0) is 32.9 Å². The molecule has 0 saturated heterocycles. The van der Waals surface area contributed by atoms with E-state index < -0.39 is 0 Å². The summed E-state index contributed by atoms with van der Waals surface area (Å²) in [5, 5.41) is 3.49. The molecule has 2 heterocycles. The Morgan fingerprint density at radius 1 is 1.50 bits per heavy atom. The predicted octanol–water partition coefficient (Wildman–Crippen LogP) is 2.51. The van der Waals surface area contributed by atoms with E-state index in [9.17, 15) is 0 Å². The van der Waals surface area contributed by atoms with Crippen molar-refractivity contribution in [1.29, 1.82) is 0 Å². The van der Waals surface area contributed by atoms with Crippen LogP contribution in [-0.4, -0.2) is 28.3 Å². The topological polar surface area (TPSA) is 52.2 Å². The SMILES string of the molecule is CCOC(C)(C)CNC(c1ccco1)c1nccn1C. The smallest absolute Gasteiger partial charge is 0.133 e.